The molecule has 1 aromatic rings. The molecule has 7 nitrogen and oxygen atoms in total. The van der Waals surface area contributed by atoms with E-state index >= 15 is 0 Å². The van der Waals surface area contributed by atoms with E-state index in [0.29, 0.717) is 26.0 Å². The molecule has 136 valence electrons. The fourth-order valence-electron chi connectivity index (χ4n) is 3.53. The van der Waals surface area contributed by atoms with Crippen LogP contribution < -0.4 is 10.2 Å². The zero-order chi connectivity index (χ0) is 17.8. The molecule has 0 radical (unpaired) electrons. The number of esters is 1. The van der Waals surface area contributed by atoms with Crippen molar-refractivity contribution in [1.82, 2.24) is 10.2 Å². The van der Waals surface area contributed by atoms with Crippen molar-refractivity contribution in [2.75, 3.05) is 45.4 Å². The summed E-state index contributed by atoms with van der Waals surface area (Å²) in [6.07, 6.45) is 0.994. The number of carbonyl (C=O) groups is 2. The smallest absolute Gasteiger partial charge is 0.324 e. The van der Waals surface area contributed by atoms with E-state index in [0.717, 1.165) is 24.3 Å². The van der Waals surface area contributed by atoms with Gasteiger partial charge in [-0.15, -0.1) is 0 Å². The van der Waals surface area contributed by atoms with Gasteiger partial charge in [-0.3, -0.25) is 9.69 Å². The van der Waals surface area contributed by atoms with E-state index in [9.17, 15) is 9.59 Å². The SMILES string of the molecule is COCC1NCCN2C(=O)N(c3ccc(CCC(=O)OC)cc3)C[C@@H]12. The highest BCUT2D eigenvalue weighted by Gasteiger charge is 2.43. The van der Waals surface area contributed by atoms with Crippen LogP contribution in [0.2, 0.25) is 0 Å². The number of methoxy groups -OCH3 is 2. The van der Waals surface area contributed by atoms with E-state index in [4.69, 9.17) is 4.74 Å². The summed E-state index contributed by atoms with van der Waals surface area (Å²) in [5.74, 6) is -0.215. The monoisotopic (exact) mass is 347 g/mol. The second-order valence-electron chi connectivity index (χ2n) is 6.41. The van der Waals surface area contributed by atoms with Crippen LogP contribution >= 0.6 is 0 Å². The molecule has 2 amide bonds. The molecule has 2 fully saturated rings. The molecule has 25 heavy (non-hydrogen) atoms. The van der Waals surface area contributed by atoms with E-state index in [1.807, 2.05) is 34.1 Å². The van der Waals surface area contributed by atoms with Gasteiger partial charge < -0.3 is 19.7 Å². The fourth-order valence-corrected chi connectivity index (χ4v) is 3.53. The number of aryl methyl sites for hydroxylation is 1. The summed E-state index contributed by atoms with van der Waals surface area (Å²) >= 11 is 0. The lowest BCUT2D eigenvalue weighted by atomic mass is 10.1. The van der Waals surface area contributed by atoms with Crippen molar-refractivity contribution in [3.8, 4) is 0 Å². The first-order chi connectivity index (χ1) is 12.1. The lowest BCUT2D eigenvalue weighted by Gasteiger charge is -2.35. The predicted molar refractivity (Wildman–Crippen MR) is 93.7 cm³/mol. The van der Waals surface area contributed by atoms with Crippen LogP contribution in [0.3, 0.4) is 0 Å². The van der Waals surface area contributed by atoms with Crippen LogP contribution in [-0.4, -0.2) is 69.4 Å². The molecule has 1 aromatic carbocycles. The lowest BCUT2D eigenvalue weighted by Crippen LogP contribution is -2.58. The maximum absolute atomic E-state index is 12.8. The third kappa shape index (κ3) is 3.77. The van der Waals surface area contributed by atoms with E-state index in [2.05, 4.69) is 10.1 Å². The summed E-state index contributed by atoms with van der Waals surface area (Å²) in [6, 6.07) is 8.16. The standard InChI is InChI=1S/C18H25N3O4/c1-24-12-15-16-11-21(18(23)20(16)10-9-19-15)14-6-3-13(4-7-14)5-8-17(22)25-2/h3-4,6-7,15-16,19H,5,8-12H2,1-2H3/t15?,16-/m0/s1. The van der Waals surface area contributed by atoms with Crippen LogP contribution in [0, 0.1) is 0 Å². The second kappa shape index (κ2) is 7.84. The molecule has 3 rings (SSSR count). The van der Waals surface area contributed by atoms with E-state index < -0.39 is 0 Å². The number of benzene rings is 1. The first-order valence-corrected chi connectivity index (χ1v) is 8.60. The van der Waals surface area contributed by atoms with Gasteiger partial charge in [-0.05, 0) is 24.1 Å². The molecule has 0 saturated carbocycles. The zero-order valence-corrected chi connectivity index (χ0v) is 14.7. The highest BCUT2D eigenvalue weighted by Crippen LogP contribution is 2.27. The Morgan fingerprint density at radius 2 is 2.04 bits per heavy atom. The Hall–Kier alpha value is -2.12. The van der Waals surface area contributed by atoms with Crippen molar-refractivity contribution in [3.05, 3.63) is 29.8 Å². The Bertz CT molecular complexity index is 617. The van der Waals surface area contributed by atoms with Crippen molar-refractivity contribution in [2.45, 2.75) is 24.9 Å². The first kappa shape index (κ1) is 17.7. The molecule has 0 aliphatic carbocycles. The second-order valence-corrected chi connectivity index (χ2v) is 6.41. The minimum Gasteiger partial charge on any atom is -0.469 e. The Morgan fingerprint density at radius 1 is 1.28 bits per heavy atom. The molecule has 2 heterocycles. The summed E-state index contributed by atoms with van der Waals surface area (Å²) in [4.78, 5) is 27.7. The third-order valence-corrected chi connectivity index (χ3v) is 4.91. The summed E-state index contributed by atoms with van der Waals surface area (Å²) < 4.78 is 9.94. The van der Waals surface area contributed by atoms with E-state index in [1.165, 1.54) is 7.11 Å². The van der Waals surface area contributed by atoms with Crippen molar-refractivity contribution < 1.29 is 19.1 Å². The van der Waals surface area contributed by atoms with Gasteiger partial charge in [0.15, 0.2) is 0 Å². The maximum atomic E-state index is 12.8. The lowest BCUT2D eigenvalue weighted by molar-refractivity contribution is -0.140. The molecular formula is C18H25N3O4. The van der Waals surface area contributed by atoms with Crippen molar-refractivity contribution in [2.24, 2.45) is 0 Å². The van der Waals surface area contributed by atoms with Crippen LogP contribution in [0.1, 0.15) is 12.0 Å². The fraction of sp³-hybridized carbons (Fsp3) is 0.556. The van der Waals surface area contributed by atoms with Gasteiger partial charge in [0.25, 0.3) is 0 Å². The molecule has 2 saturated heterocycles. The number of amides is 2. The first-order valence-electron chi connectivity index (χ1n) is 8.60. The summed E-state index contributed by atoms with van der Waals surface area (Å²) in [7, 11) is 3.08. The highest BCUT2D eigenvalue weighted by molar-refractivity contribution is 5.94. The summed E-state index contributed by atoms with van der Waals surface area (Å²) in [5, 5.41) is 3.44. The van der Waals surface area contributed by atoms with Gasteiger partial charge in [-0.25, -0.2) is 4.79 Å². The topological polar surface area (TPSA) is 71.1 Å². The number of hydrogen-bond acceptors (Lipinski definition) is 5. The molecule has 7 heteroatoms. The normalized spacial score (nSPS) is 22.9. The number of hydrogen-bond donors (Lipinski definition) is 1. The van der Waals surface area contributed by atoms with Crippen molar-refractivity contribution in [1.29, 1.82) is 0 Å². The molecule has 1 unspecified atom stereocenters. The Morgan fingerprint density at radius 3 is 2.72 bits per heavy atom. The molecule has 1 N–H and O–H groups in total. The summed E-state index contributed by atoms with van der Waals surface area (Å²) in [5.41, 5.74) is 1.94. The minimum absolute atomic E-state index is 0.0508. The number of nitrogens with one attached hydrogen (secondary N) is 1. The van der Waals surface area contributed by atoms with Gasteiger partial charge in [-0.1, -0.05) is 12.1 Å². The largest absolute Gasteiger partial charge is 0.469 e. The average Bonchev–Trinajstić information content (AvgIpc) is 2.98. The minimum atomic E-state index is -0.215. The van der Waals surface area contributed by atoms with Crippen molar-refractivity contribution >= 4 is 17.7 Å². The van der Waals surface area contributed by atoms with Gasteiger partial charge in [0.2, 0.25) is 0 Å². The molecule has 2 aliphatic heterocycles. The van der Waals surface area contributed by atoms with Gasteiger partial charge in [0, 0.05) is 38.9 Å². The number of nitrogens with zero attached hydrogens (tertiary/aromatic N) is 2. The van der Waals surface area contributed by atoms with Crippen LogP contribution in [-0.2, 0) is 20.7 Å². The van der Waals surface area contributed by atoms with Crippen LogP contribution in [0.15, 0.2) is 24.3 Å². The molecule has 2 atom stereocenters. The number of ether oxygens (including phenoxy) is 2. The molecule has 0 aromatic heterocycles. The quantitative estimate of drug-likeness (QED) is 0.778. The molecule has 0 bridgehead atoms. The van der Waals surface area contributed by atoms with Crippen LogP contribution in [0.5, 0.6) is 0 Å². The summed E-state index contributed by atoms with van der Waals surface area (Å²) in [6.45, 7) is 2.75. The number of piperazine rings is 1. The number of fused-ring (bicyclic) bond motifs is 1. The molecular weight excluding hydrogens is 322 g/mol. The maximum Gasteiger partial charge on any atom is 0.324 e. The number of rotatable bonds is 6. The Kier molecular flexibility index (Phi) is 5.55. The number of carbonyl (C=O) groups excluding carboxylic acids is 2. The van der Waals surface area contributed by atoms with Gasteiger partial charge in [0.05, 0.1) is 25.8 Å². The Balaban J connectivity index is 1.67. The van der Waals surface area contributed by atoms with E-state index in [-0.39, 0.29) is 24.1 Å². The van der Waals surface area contributed by atoms with Gasteiger partial charge >= 0.3 is 12.0 Å². The van der Waals surface area contributed by atoms with Crippen LogP contribution in [0.25, 0.3) is 0 Å². The van der Waals surface area contributed by atoms with Crippen LogP contribution in [0.4, 0.5) is 10.5 Å². The van der Waals surface area contributed by atoms with Gasteiger partial charge in [0.1, 0.15) is 0 Å². The van der Waals surface area contributed by atoms with E-state index in [1.54, 1.807) is 7.11 Å². The third-order valence-electron chi connectivity index (χ3n) is 4.91. The predicted octanol–water partition coefficient (Wildman–Crippen LogP) is 1.02. The molecule has 0 spiro atoms. The highest BCUT2D eigenvalue weighted by atomic mass is 16.5. The number of urea groups is 1. The van der Waals surface area contributed by atoms with Crippen molar-refractivity contribution in [3.63, 3.8) is 0 Å². The number of anilines is 1. The van der Waals surface area contributed by atoms with Gasteiger partial charge in [-0.2, -0.15) is 0 Å². The average molecular weight is 347 g/mol. The Labute approximate surface area is 147 Å². The molecule has 2 aliphatic rings. The zero-order valence-electron chi connectivity index (χ0n) is 14.7.